The molecule has 2 aliphatic heterocycles. The normalized spacial score (nSPS) is 42.3. The summed E-state index contributed by atoms with van der Waals surface area (Å²) < 4.78 is 1.84. The summed E-state index contributed by atoms with van der Waals surface area (Å²) in [5.74, 6) is 8.64. The van der Waals surface area contributed by atoms with Gasteiger partial charge in [-0.3, -0.25) is 4.68 Å². The van der Waals surface area contributed by atoms with Crippen LogP contribution < -0.4 is 0 Å². The molecule has 1 N–H and O–H groups in total. The lowest BCUT2D eigenvalue weighted by atomic mass is 9.64. The molecule has 2 heteroatoms. The van der Waals surface area contributed by atoms with Crippen molar-refractivity contribution in [3.8, 4) is 0 Å². The van der Waals surface area contributed by atoms with Gasteiger partial charge < -0.3 is 5.84 Å². The van der Waals surface area contributed by atoms with E-state index in [1.54, 1.807) is 0 Å². The molecule has 1 aliphatic carbocycles. The van der Waals surface area contributed by atoms with Gasteiger partial charge in [0.1, 0.15) is 5.92 Å². The Hall–Kier alpha value is -0.790. The van der Waals surface area contributed by atoms with E-state index >= 15 is 0 Å². The van der Waals surface area contributed by atoms with E-state index in [-0.39, 0.29) is 5.54 Å². The second-order valence-corrected chi connectivity index (χ2v) is 4.58. The maximum Gasteiger partial charge on any atom is 0.172 e. The van der Waals surface area contributed by atoms with Gasteiger partial charge in [0.05, 0.1) is 0 Å². The van der Waals surface area contributed by atoms with Crippen molar-refractivity contribution in [3.63, 3.8) is 0 Å². The van der Waals surface area contributed by atoms with Crippen LogP contribution in [0.2, 0.25) is 0 Å². The van der Waals surface area contributed by atoms with Crippen molar-refractivity contribution in [2.24, 2.45) is 5.92 Å². The van der Waals surface area contributed by atoms with Crippen LogP contribution in [-0.4, -0.2) is 15.9 Å². The maximum atomic E-state index is 8.00. The Morgan fingerprint density at radius 3 is 3.08 bits per heavy atom. The number of allylic oxidation sites excluding steroid dienone is 1. The van der Waals surface area contributed by atoms with Crippen LogP contribution in [0.1, 0.15) is 38.5 Å². The Balaban J connectivity index is 2.05. The second-order valence-electron chi connectivity index (χ2n) is 4.58. The summed E-state index contributed by atoms with van der Waals surface area (Å²) in [7, 11) is 0. The van der Waals surface area contributed by atoms with Gasteiger partial charge in [0.25, 0.3) is 0 Å². The maximum absolute atomic E-state index is 8.00. The third-order valence-corrected chi connectivity index (χ3v) is 4.02. The average molecular weight is 176 g/mol. The molecule has 0 radical (unpaired) electrons. The fourth-order valence-corrected chi connectivity index (χ4v) is 3.36. The zero-order valence-corrected chi connectivity index (χ0v) is 7.92. The van der Waals surface area contributed by atoms with Crippen LogP contribution in [0.15, 0.2) is 12.2 Å². The van der Waals surface area contributed by atoms with E-state index < -0.39 is 0 Å². The predicted molar refractivity (Wildman–Crippen MR) is 52.7 cm³/mol. The highest BCUT2D eigenvalue weighted by atomic mass is 15.4. The molecule has 2 nitrogen and oxygen atoms in total. The molecule has 2 unspecified atom stereocenters. The standard InChI is InChI=1S/C11H16N2/c12-13-10-6-4-8-11(13)7-3-1-2-5-9(10)11/h2,5,9,12H,1,3-4,6-8H2. The van der Waals surface area contributed by atoms with Crippen LogP contribution in [0.4, 0.5) is 0 Å². The van der Waals surface area contributed by atoms with Gasteiger partial charge in [-0.2, -0.15) is 0 Å². The lowest BCUT2D eigenvalue weighted by Crippen LogP contribution is -2.63. The molecule has 3 aliphatic rings. The van der Waals surface area contributed by atoms with E-state index in [4.69, 9.17) is 5.84 Å². The molecule has 2 bridgehead atoms. The van der Waals surface area contributed by atoms with Crippen LogP contribution in [0, 0.1) is 5.92 Å². The first-order valence-corrected chi connectivity index (χ1v) is 5.38. The lowest BCUT2D eigenvalue weighted by Gasteiger charge is -2.50. The van der Waals surface area contributed by atoms with Gasteiger partial charge in [-0.05, 0) is 19.3 Å². The summed E-state index contributed by atoms with van der Waals surface area (Å²) in [6.45, 7) is 0. The first-order valence-electron chi connectivity index (χ1n) is 5.38. The van der Waals surface area contributed by atoms with Crippen LogP contribution in [0.3, 0.4) is 0 Å². The highest BCUT2D eigenvalue weighted by Crippen LogP contribution is 2.48. The second kappa shape index (κ2) is 2.37. The highest BCUT2D eigenvalue weighted by molar-refractivity contribution is 5.89. The lowest BCUT2D eigenvalue weighted by molar-refractivity contribution is -0.600. The van der Waals surface area contributed by atoms with Crippen molar-refractivity contribution in [1.82, 2.24) is 0 Å². The van der Waals surface area contributed by atoms with E-state index in [1.807, 2.05) is 4.68 Å². The molecule has 2 heterocycles. The predicted octanol–water partition coefficient (Wildman–Crippen LogP) is 2.70. The average Bonchev–Trinajstić information content (AvgIpc) is 2.37. The van der Waals surface area contributed by atoms with Crippen molar-refractivity contribution >= 4 is 5.71 Å². The molecule has 0 saturated heterocycles. The number of hydrogen-bond acceptors (Lipinski definition) is 0. The van der Waals surface area contributed by atoms with Crippen molar-refractivity contribution in [3.05, 3.63) is 18.0 Å². The van der Waals surface area contributed by atoms with E-state index in [2.05, 4.69) is 12.2 Å². The minimum atomic E-state index is 0.237. The Morgan fingerprint density at radius 1 is 1.38 bits per heavy atom. The van der Waals surface area contributed by atoms with Crippen molar-refractivity contribution in [2.45, 2.75) is 44.1 Å². The zero-order valence-electron chi connectivity index (χ0n) is 7.92. The highest BCUT2D eigenvalue weighted by Gasteiger charge is 2.59. The number of hydrogen-bond donors (Lipinski definition) is 0. The first-order chi connectivity index (χ1) is 6.34. The fourth-order valence-electron chi connectivity index (χ4n) is 3.36. The van der Waals surface area contributed by atoms with E-state index in [1.165, 1.54) is 44.2 Å². The van der Waals surface area contributed by atoms with Gasteiger partial charge >= 0.3 is 0 Å². The Bertz CT molecular complexity index is 303. The molecular weight excluding hydrogens is 160 g/mol. The van der Waals surface area contributed by atoms with Crippen LogP contribution in [0.25, 0.3) is 5.84 Å². The molecule has 2 atom stereocenters. The summed E-state index contributed by atoms with van der Waals surface area (Å²) in [5, 5.41) is 0. The third-order valence-electron chi connectivity index (χ3n) is 4.02. The Kier molecular flexibility index (Phi) is 1.38. The Labute approximate surface area is 79.1 Å². The summed E-state index contributed by atoms with van der Waals surface area (Å²) in [6.07, 6.45) is 12.1. The van der Waals surface area contributed by atoms with Crippen LogP contribution in [-0.2, 0) is 0 Å². The molecule has 70 valence electrons. The Morgan fingerprint density at radius 2 is 2.23 bits per heavy atom. The molecule has 0 aromatic carbocycles. The molecule has 0 aromatic heterocycles. The fraction of sp³-hybridized carbons (Fsp3) is 0.727. The van der Waals surface area contributed by atoms with E-state index in [9.17, 15) is 0 Å². The minimum Gasteiger partial charge on any atom is -0.454 e. The van der Waals surface area contributed by atoms with E-state index in [0.29, 0.717) is 5.92 Å². The number of fused-ring (bicyclic) bond motifs is 1. The molecule has 0 aromatic rings. The van der Waals surface area contributed by atoms with E-state index in [0.717, 1.165) is 0 Å². The zero-order chi connectivity index (χ0) is 8.89. The first kappa shape index (κ1) is 7.60. The van der Waals surface area contributed by atoms with Crippen LogP contribution in [0.5, 0.6) is 0 Å². The van der Waals surface area contributed by atoms with Gasteiger partial charge in [-0.25, -0.2) is 0 Å². The van der Waals surface area contributed by atoms with Gasteiger partial charge in [0, 0.05) is 19.3 Å². The number of rotatable bonds is 0. The largest absolute Gasteiger partial charge is 0.454 e. The third kappa shape index (κ3) is 0.767. The molecule has 0 fully saturated rings. The monoisotopic (exact) mass is 176 g/mol. The summed E-state index contributed by atoms with van der Waals surface area (Å²) in [5.41, 5.74) is 1.62. The number of nitrogens with one attached hydrogen (secondary N) is 1. The number of nitrogens with zero attached hydrogens (tertiary/aromatic N) is 1. The van der Waals surface area contributed by atoms with Crippen molar-refractivity contribution < 1.29 is 4.68 Å². The van der Waals surface area contributed by atoms with Crippen LogP contribution >= 0.6 is 0 Å². The van der Waals surface area contributed by atoms with Gasteiger partial charge in [-0.1, -0.05) is 12.2 Å². The molecule has 3 rings (SSSR count). The SMILES string of the molecule is [NH-][N+]1=C2CCCC13CCCC=CC23. The summed E-state index contributed by atoms with van der Waals surface area (Å²) >= 11 is 0. The molecule has 1 spiro atoms. The topological polar surface area (TPSA) is 26.8 Å². The van der Waals surface area contributed by atoms with Gasteiger partial charge in [0.2, 0.25) is 0 Å². The van der Waals surface area contributed by atoms with Crippen molar-refractivity contribution in [2.75, 3.05) is 0 Å². The van der Waals surface area contributed by atoms with Gasteiger partial charge in [-0.15, -0.1) is 0 Å². The molecule has 0 saturated carbocycles. The summed E-state index contributed by atoms with van der Waals surface area (Å²) in [4.78, 5) is 0. The van der Waals surface area contributed by atoms with Crippen molar-refractivity contribution in [1.29, 1.82) is 0 Å². The quantitative estimate of drug-likeness (QED) is 0.401. The molecule has 13 heavy (non-hydrogen) atoms. The molecule has 0 amide bonds. The molecular formula is C11H16N2. The minimum absolute atomic E-state index is 0.237. The van der Waals surface area contributed by atoms with Gasteiger partial charge in [0.15, 0.2) is 11.3 Å². The smallest absolute Gasteiger partial charge is 0.172 e. The summed E-state index contributed by atoms with van der Waals surface area (Å²) in [6, 6.07) is 0.